The first-order chi connectivity index (χ1) is 12.7. The van der Waals surface area contributed by atoms with Crippen molar-refractivity contribution >= 4 is 40.0 Å². The van der Waals surface area contributed by atoms with Gasteiger partial charge in [0.15, 0.2) is 0 Å². The number of thiophene rings is 1. The zero-order valence-electron chi connectivity index (χ0n) is 13.9. The zero-order chi connectivity index (χ0) is 18.4. The van der Waals surface area contributed by atoms with E-state index < -0.39 is 5.97 Å². The average Bonchev–Trinajstić information content (AvgIpc) is 3.30. The molecule has 3 aromatic heterocycles. The number of furan rings is 1. The lowest BCUT2D eigenvalue weighted by Crippen LogP contribution is -2.16. The van der Waals surface area contributed by atoms with Gasteiger partial charge in [-0.05, 0) is 31.2 Å². The van der Waals surface area contributed by atoms with Gasteiger partial charge in [-0.3, -0.25) is 4.79 Å². The first kappa shape index (κ1) is 18.2. The van der Waals surface area contributed by atoms with E-state index in [0.29, 0.717) is 21.9 Å². The molecule has 0 saturated heterocycles. The Morgan fingerprint density at radius 2 is 2.19 bits per heavy atom. The number of esters is 1. The number of rotatable bonds is 7. The second-order valence-electron chi connectivity index (χ2n) is 5.06. The van der Waals surface area contributed by atoms with Gasteiger partial charge in [-0.25, -0.2) is 9.78 Å². The average molecular weight is 388 g/mol. The van der Waals surface area contributed by atoms with Crippen molar-refractivity contribution in [1.82, 2.24) is 4.98 Å². The molecule has 0 aliphatic carbocycles. The quantitative estimate of drug-likeness (QED) is 0.480. The molecular weight excluding hydrogens is 372 g/mol. The van der Waals surface area contributed by atoms with Crippen molar-refractivity contribution in [3.8, 4) is 11.3 Å². The summed E-state index contributed by atoms with van der Waals surface area (Å²) in [5.41, 5.74) is 0.911. The molecule has 1 N–H and O–H groups in total. The van der Waals surface area contributed by atoms with Gasteiger partial charge < -0.3 is 14.5 Å². The standard InChI is InChI=1S/C18H16N2O4S2/c1-2-23-18(22)16-12(13-6-5-9-24-13)10-26-17(16)20-14(21)11-25-15-7-3-4-8-19-15/h3-10H,2,11H2,1H3,(H,20,21). The Balaban J connectivity index is 1.76. The number of nitrogens with zero attached hydrogens (tertiary/aromatic N) is 1. The summed E-state index contributed by atoms with van der Waals surface area (Å²) in [4.78, 5) is 28.8. The molecule has 0 aliphatic rings. The molecule has 0 aliphatic heterocycles. The van der Waals surface area contributed by atoms with E-state index in [1.54, 1.807) is 30.6 Å². The lowest BCUT2D eigenvalue weighted by Gasteiger charge is -2.07. The minimum absolute atomic E-state index is 0.188. The fourth-order valence-corrected chi connectivity index (χ4v) is 3.82. The Morgan fingerprint density at radius 1 is 1.31 bits per heavy atom. The second kappa shape index (κ2) is 8.68. The molecule has 3 heterocycles. The summed E-state index contributed by atoms with van der Waals surface area (Å²) in [6.45, 7) is 1.98. The summed E-state index contributed by atoms with van der Waals surface area (Å²) in [6, 6.07) is 9.01. The van der Waals surface area contributed by atoms with E-state index in [9.17, 15) is 9.59 Å². The van der Waals surface area contributed by atoms with Crippen LogP contribution in [-0.2, 0) is 9.53 Å². The van der Waals surface area contributed by atoms with Crippen LogP contribution in [0.1, 0.15) is 17.3 Å². The number of carbonyl (C=O) groups is 2. The van der Waals surface area contributed by atoms with Gasteiger partial charge >= 0.3 is 5.97 Å². The summed E-state index contributed by atoms with van der Waals surface area (Å²) < 4.78 is 10.5. The molecule has 3 rings (SSSR count). The van der Waals surface area contributed by atoms with E-state index in [1.807, 2.05) is 18.2 Å². The third-order valence-corrected chi connectivity index (χ3v) is 5.14. The molecule has 0 fully saturated rings. The van der Waals surface area contributed by atoms with Gasteiger partial charge in [0, 0.05) is 17.1 Å². The molecule has 0 saturated carbocycles. The SMILES string of the molecule is CCOC(=O)c1c(-c2ccco2)csc1NC(=O)CSc1ccccn1. The Labute approximate surface area is 158 Å². The van der Waals surface area contributed by atoms with E-state index in [0.717, 1.165) is 5.03 Å². The molecule has 134 valence electrons. The smallest absolute Gasteiger partial charge is 0.341 e. The summed E-state index contributed by atoms with van der Waals surface area (Å²) in [5.74, 6) is 0.0207. The first-order valence-corrected chi connectivity index (χ1v) is 9.71. The molecule has 0 radical (unpaired) electrons. The number of aromatic nitrogens is 1. The maximum atomic E-state index is 12.4. The third kappa shape index (κ3) is 4.33. The normalized spacial score (nSPS) is 10.5. The largest absolute Gasteiger partial charge is 0.464 e. The number of pyridine rings is 1. The van der Waals surface area contributed by atoms with Gasteiger partial charge in [0.25, 0.3) is 0 Å². The van der Waals surface area contributed by atoms with Crippen LogP contribution in [0.3, 0.4) is 0 Å². The highest BCUT2D eigenvalue weighted by Crippen LogP contribution is 2.36. The number of hydrogen-bond donors (Lipinski definition) is 1. The molecule has 0 spiro atoms. The molecule has 3 aromatic rings. The van der Waals surface area contributed by atoms with Crippen molar-refractivity contribution in [3.63, 3.8) is 0 Å². The Hall–Kier alpha value is -2.58. The number of nitrogens with one attached hydrogen (secondary N) is 1. The Bertz CT molecular complexity index is 876. The van der Waals surface area contributed by atoms with E-state index in [2.05, 4.69) is 10.3 Å². The van der Waals surface area contributed by atoms with Crippen LogP contribution in [0, 0.1) is 0 Å². The fourth-order valence-electron chi connectivity index (χ4n) is 2.20. The minimum atomic E-state index is -0.493. The fraction of sp³-hybridized carbons (Fsp3) is 0.167. The van der Waals surface area contributed by atoms with Gasteiger partial charge in [-0.1, -0.05) is 17.8 Å². The molecule has 0 bridgehead atoms. The van der Waals surface area contributed by atoms with Crippen LogP contribution in [-0.4, -0.2) is 29.2 Å². The van der Waals surface area contributed by atoms with Crippen molar-refractivity contribution in [2.45, 2.75) is 11.9 Å². The molecule has 0 atom stereocenters. The topological polar surface area (TPSA) is 81.4 Å². The summed E-state index contributed by atoms with van der Waals surface area (Å²) in [7, 11) is 0. The van der Waals surface area contributed by atoms with Crippen LogP contribution in [0.5, 0.6) is 0 Å². The highest BCUT2D eigenvalue weighted by atomic mass is 32.2. The first-order valence-electron chi connectivity index (χ1n) is 7.85. The van der Waals surface area contributed by atoms with Crippen LogP contribution in [0.4, 0.5) is 5.00 Å². The molecule has 0 unspecified atom stereocenters. The number of thioether (sulfide) groups is 1. The molecule has 1 amide bonds. The number of carbonyl (C=O) groups excluding carboxylic acids is 2. The van der Waals surface area contributed by atoms with Crippen molar-refractivity contribution in [2.24, 2.45) is 0 Å². The lowest BCUT2D eigenvalue weighted by molar-refractivity contribution is -0.113. The number of ether oxygens (including phenoxy) is 1. The van der Waals surface area contributed by atoms with Crippen LogP contribution < -0.4 is 5.32 Å². The maximum Gasteiger partial charge on any atom is 0.341 e. The van der Waals surface area contributed by atoms with Crippen molar-refractivity contribution in [2.75, 3.05) is 17.7 Å². The number of anilines is 1. The van der Waals surface area contributed by atoms with Crippen LogP contribution >= 0.6 is 23.1 Å². The van der Waals surface area contributed by atoms with E-state index >= 15 is 0 Å². The highest BCUT2D eigenvalue weighted by molar-refractivity contribution is 7.99. The van der Waals surface area contributed by atoms with Crippen molar-refractivity contribution in [3.05, 3.63) is 53.7 Å². The van der Waals surface area contributed by atoms with Gasteiger partial charge in [-0.15, -0.1) is 11.3 Å². The van der Waals surface area contributed by atoms with Gasteiger partial charge in [-0.2, -0.15) is 0 Å². The Morgan fingerprint density at radius 3 is 2.88 bits per heavy atom. The lowest BCUT2D eigenvalue weighted by atomic mass is 10.1. The third-order valence-electron chi connectivity index (χ3n) is 3.30. The number of amides is 1. The van der Waals surface area contributed by atoms with Crippen molar-refractivity contribution < 1.29 is 18.7 Å². The predicted octanol–water partition coefficient (Wildman–Crippen LogP) is 4.31. The highest BCUT2D eigenvalue weighted by Gasteiger charge is 2.24. The molecule has 26 heavy (non-hydrogen) atoms. The van der Waals surface area contributed by atoms with Gasteiger partial charge in [0.05, 0.1) is 23.6 Å². The Kier molecular flexibility index (Phi) is 6.08. The second-order valence-corrected chi connectivity index (χ2v) is 6.93. The van der Waals surface area contributed by atoms with Gasteiger partial charge in [0.1, 0.15) is 16.3 Å². The molecule has 0 aromatic carbocycles. The van der Waals surface area contributed by atoms with E-state index in [-0.39, 0.29) is 18.3 Å². The summed E-state index contributed by atoms with van der Waals surface area (Å²) in [5, 5.41) is 5.77. The number of hydrogen-bond acceptors (Lipinski definition) is 7. The molecule has 8 heteroatoms. The van der Waals surface area contributed by atoms with E-state index in [1.165, 1.54) is 29.4 Å². The maximum absolute atomic E-state index is 12.4. The van der Waals surface area contributed by atoms with Crippen LogP contribution in [0.2, 0.25) is 0 Å². The summed E-state index contributed by atoms with van der Waals surface area (Å²) in [6.07, 6.45) is 3.21. The minimum Gasteiger partial charge on any atom is -0.464 e. The van der Waals surface area contributed by atoms with Crippen LogP contribution in [0.15, 0.2) is 57.6 Å². The summed E-state index contributed by atoms with van der Waals surface area (Å²) >= 11 is 2.58. The monoisotopic (exact) mass is 388 g/mol. The van der Waals surface area contributed by atoms with E-state index in [4.69, 9.17) is 9.15 Å². The predicted molar refractivity (Wildman–Crippen MR) is 102 cm³/mol. The zero-order valence-corrected chi connectivity index (χ0v) is 15.6. The molecule has 6 nitrogen and oxygen atoms in total. The van der Waals surface area contributed by atoms with Gasteiger partial charge in [0.2, 0.25) is 5.91 Å². The van der Waals surface area contributed by atoms with Crippen LogP contribution in [0.25, 0.3) is 11.3 Å². The van der Waals surface area contributed by atoms with Crippen molar-refractivity contribution in [1.29, 1.82) is 0 Å². The molecular formula is C18H16N2O4S2.